The highest BCUT2D eigenvalue weighted by molar-refractivity contribution is 6.06. The van der Waals surface area contributed by atoms with Gasteiger partial charge in [-0.3, -0.25) is 9.78 Å². The standard InChI is InChI=1S/C25H20F3N3O2/c1-15-12-22(29)21-13-18(8-11-23(21)30-15)31-24(32)20-5-3-2-4-16(20)14-33-19-9-6-17(7-10-19)25(26,27)28/h2-13H,14H2,1H3,(H2,29,30)(H,31,32). The number of benzene rings is 3. The van der Waals surface area contributed by atoms with Crippen LogP contribution < -0.4 is 15.8 Å². The van der Waals surface area contributed by atoms with Gasteiger partial charge in [-0.05, 0) is 61.5 Å². The second kappa shape index (κ2) is 8.82. The van der Waals surface area contributed by atoms with Crippen molar-refractivity contribution in [2.45, 2.75) is 19.7 Å². The van der Waals surface area contributed by atoms with Crippen LogP contribution in [-0.2, 0) is 12.8 Å². The Morgan fingerprint density at radius 3 is 2.48 bits per heavy atom. The Morgan fingerprint density at radius 2 is 1.76 bits per heavy atom. The van der Waals surface area contributed by atoms with E-state index in [1.54, 1.807) is 48.5 Å². The molecule has 1 amide bonds. The second-order valence-electron chi connectivity index (χ2n) is 7.51. The predicted octanol–water partition coefficient (Wildman–Crippen LogP) is 5.98. The van der Waals surface area contributed by atoms with E-state index in [1.165, 1.54) is 12.1 Å². The summed E-state index contributed by atoms with van der Waals surface area (Å²) in [7, 11) is 0. The fourth-order valence-electron chi connectivity index (χ4n) is 3.43. The summed E-state index contributed by atoms with van der Waals surface area (Å²) in [5, 5.41) is 3.59. The van der Waals surface area contributed by atoms with Crippen LogP contribution >= 0.6 is 0 Å². The van der Waals surface area contributed by atoms with Gasteiger partial charge in [-0.25, -0.2) is 0 Å². The molecule has 168 valence electrons. The monoisotopic (exact) mass is 451 g/mol. The van der Waals surface area contributed by atoms with E-state index in [-0.39, 0.29) is 18.3 Å². The molecule has 0 bridgehead atoms. The summed E-state index contributed by atoms with van der Waals surface area (Å²) in [5.74, 6) is -0.0781. The van der Waals surface area contributed by atoms with Gasteiger partial charge in [0.05, 0.1) is 11.1 Å². The first-order chi connectivity index (χ1) is 15.7. The maximum Gasteiger partial charge on any atom is 0.416 e. The van der Waals surface area contributed by atoms with Crippen LogP contribution in [0.1, 0.15) is 27.2 Å². The summed E-state index contributed by atoms with van der Waals surface area (Å²) < 4.78 is 43.8. The molecular weight excluding hydrogens is 431 g/mol. The minimum absolute atomic E-state index is 0.0167. The molecule has 8 heteroatoms. The number of aryl methyl sites for hydroxylation is 1. The minimum Gasteiger partial charge on any atom is -0.489 e. The van der Waals surface area contributed by atoms with E-state index in [0.29, 0.717) is 22.5 Å². The van der Waals surface area contributed by atoms with Crippen LogP contribution in [0.3, 0.4) is 0 Å². The van der Waals surface area contributed by atoms with E-state index in [1.807, 2.05) is 6.92 Å². The van der Waals surface area contributed by atoms with Crippen molar-refractivity contribution in [2.75, 3.05) is 11.1 Å². The number of aromatic nitrogens is 1. The molecule has 3 aromatic carbocycles. The van der Waals surface area contributed by atoms with Gasteiger partial charge in [0, 0.05) is 33.6 Å². The molecule has 3 N–H and O–H groups in total. The number of anilines is 2. The molecule has 0 spiro atoms. The topological polar surface area (TPSA) is 77.2 Å². The lowest BCUT2D eigenvalue weighted by atomic mass is 10.1. The van der Waals surface area contributed by atoms with Crippen molar-refractivity contribution in [2.24, 2.45) is 0 Å². The molecule has 4 rings (SSSR count). The Labute approximate surface area is 188 Å². The smallest absolute Gasteiger partial charge is 0.416 e. The fraction of sp³-hybridized carbons (Fsp3) is 0.120. The quantitative estimate of drug-likeness (QED) is 0.392. The van der Waals surface area contributed by atoms with Crippen molar-refractivity contribution in [3.05, 3.63) is 95.2 Å². The number of alkyl halides is 3. The van der Waals surface area contributed by atoms with Gasteiger partial charge in [0.1, 0.15) is 12.4 Å². The number of nitrogens with one attached hydrogen (secondary N) is 1. The minimum atomic E-state index is -4.41. The fourth-order valence-corrected chi connectivity index (χ4v) is 3.43. The molecule has 0 radical (unpaired) electrons. The van der Waals surface area contributed by atoms with E-state index in [2.05, 4.69) is 10.3 Å². The molecule has 1 aromatic heterocycles. The van der Waals surface area contributed by atoms with Gasteiger partial charge >= 0.3 is 6.18 Å². The van der Waals surface area contributed by atoms with Crippen molar-refractivity contribution in [1.82, 2.24) is 4.98 Å². The van der Waals surface area contributed by atoms with Crippen molar-refractivity contribution in [3.8, 4) is 5.75 Å². The highest BCUT2D eigenvalue weighted by Gasteiger charge is 2.30. The predicted molar refractivity (Wildman–Crippen MR) is 121 cm³/mol. The highest BCUT2D eigenvalue weighted by Crippen LogP contribution is 2.30. The number of rotatable bonds is 5. The molecule has 5 nitrogen and oxygen atoms in total. The van der Waals surface area contributed by atoms with E-state index >= 15 is 0 Å². The number of amides is 1. The third-order valence-electron chi connectivity index (χ3n) is 5.06. The van der Waals surface area contributed by atoms with Crippen molar-refractivity contribution >= 4 is 28.2 Å². The Morgan fingerprint density at radius 1 is 1.03 bits per heavy atom. The highest BCUT2D eigenvalue weighted by atomic mass is 19.4. The summed E-state index contributed by atoms with van der Waals surface area (Å²) in [4.78, 5) is 17.4. The van der Waals surface area contributed by atoms with Gasteiger partial charge < -0.3 is 15.8 Å². The number of fused-ring (bicyclic) bond motifs is 1. The number of hydrogen-bond acceptors (Lipinski definition) is 4. The van der Waals surface area contributed by atoms with Crippen LogP contribution in [0.2, 0.25) is 0 Å². The molecule has 4 aromatic rings. The third kappa shape index (κ3) is 5.06. The second-order valence-corrected chi connectivity index (χ2v) is 7.51. The van der Waals surface area contributed by atoms with Crippen LogP contribution in [-0.4, -0.2) is 10.9 Å². The van der Waals surface area contributed by atoms with E-state index in [0.717, 1.165) is 28.7 Å². The van der Waals surface area contributed by atoms with Crippen LogP contribution in [0.15, 0.2) is 72.8 Å². The number of pyridine rings is 1. The molecule has 0 fully saturated rings. The molecule has 0 atom stereocenters. The first-order valence-electron chi connectivity index (χ1n) is 10.1. The number of halogens is 3. The zero-order chi connectivity index (χ0) is 23.6. The van der Waals surface area contributed by atoms with E-state index in [4.69, 9.17) is 10.5 Å². The third-order valence-corrected chi connectivity index (χ3v) is 5.06. The number of hydrogen-bond donors (Lipinski definition) is 2. The Balaban J connectivity index is 1.50. The first-order valence-corrected chi connectivity index (χ1v) is 10.1. The molecule has 0 saturated carbocycles. The summed E-state index contributed by atoms with van der Waals surface area (Å²) in [5.41, 5.74) is 8.98. The van der Waals surface area contributed by atoms with Gasteiger partial charge in [0.15, 0.2) is 0 Å². The van der Waals surface area contributed by atoms with Crippen LogP contribution in [0.5, 0.6) is 5.75 Å². The van der Waals surface area contributed by atoms with Gasteiger partial charge in [0.25, 0.3) is 5.91 Å². The maximum absolute atomic E-state index is 12.9. The molecule has 0 aliphatic rings. The number of nitrogens with two attached hydrogens (primary N) is 1. The largest absolute Gasteiger partial charge is 0.489 e. The van der Waals surface area contributed by atoms with Gasteiger partial charge in [-0.2, -0.15) is 13.2 Å². The molecule has 0 saturated heterocycles. The lowest BCUT2D eigenvalue weighted by Crippen LogP contribution is -2.15. The number of nitrogens with zero attached hydrogens (tertiary/aromatic N) is 1. The Bertz CT molecular complexity index is 1320. The lowest BCUT2D eigenvalue weighted by Gasteiger charge is -2.13. The number of carbonyl (C=O) groups excluding carboxylic acids is 1. The van der Waals surface area contributed by atoms with Crippen LogP contribution in [0.25, 0.3) is 10.9 Å². The average Bonchev–Trinajstić information content (AvgIpc) is 2.78. The van der Waals surface area contributed by atoms with Crippen molar-refractivity contribution < 1.29 is 22.7 Å². The Hall–Kier alpha value is -4.07. The molecule has 33 heavy (non-hydrogen) atoms. The van der Waals surface area contributed by atoms with Gasteiger partial charge in [0.2, 0.25) is 0 Å². The molecule has 0 unspecified atom stereocenters. The number of carbonyl (C=O) groups is 1. The first kappa shape index (κ1) is 22.1. The number of ether oxygens (including phenoxy) is 1. The van der Waals surface area contributed by atoms with E-state index in [9.17, 15) is 18.0 Å². The summed E-state index contributed by atoms with van der Waals surface area (Å²) in [6.45, 7) is 1.87. The van der Waals surface area contributed by atoms with Crippen LogP contribution in [0.4, 0.5) is 24.5 Å². The van der Waals surface area contributed by atoms with Crippen molar-refractivity contribution in [3.63, 3.8) is 0 Å². The summed E-state index contributed by atoms with van der Waals surface area (Å²) in [6, 6.07) is 18.3. The molecule has 1 heterocycles. The van der Waals surface area contributed by atoms with Gasteiger partial charge in [-0.15, -0.1) is 0 Å². The molecule has 0 aliphatic carbocycles. The zero-order valence-corrected chi connectivity index (χ0v) is 17.6. The lowest BCUT2D eigenvalue weighted by molar-refractivity contribution is -0.137. The molecule has 0 aliphatic heterocycles. The zero-order valence-electron chi connectivity index (χ0n) is 17.6. The summed E-state index contributed by atoms with van der Waals surface area (Å²) >= 11 is 0. The SMILES string of the molecule is Cc1cc(N)c2cc(NC(=O)c3ccccc3COc3ccc(C(F)(F)F)cc3)ccc2n1. The Kier molecular flexibility index (Phi) is 5.91. The normalized spacial score (nSPS) is 11.4. The molecular formula is C25H20F3N3O2. The summed E-state index contributed by atoms with van der Waals surface area (Å²) in [6.07, 6.45) is -4.41. The maximum atomic E-state index is 12.9. The van der Waals surface area contributed by atoms with Gasteiger partial charge in [-0.1, -0.05) is 18.2 Å². The van der Waals surface area contributed by atoms with Crippen molar-refractivity contribution in [1.29, 1.82) is 0 Å². The number of nitrogen functional groups attached to an aromatic ring is 1. The average molecular weight is 451 g/mol. The van der Waals surface area contributed by atoms with Crippen LogP contribution in [0, 0.1) is 6.92 Å². The van der Waals surface area contributed by atoms with E-state index < -0.39 is 11.7 Å².